The van der Waals surface area contributed by atoms with Crippen molar-refractivity contribution in [3.63, 3.8) is 0 Å². The molecule has 16 heteroatoms. The van der Waals surface area contributed by atoms with Crippen LogP contribution in [0.15, 0.2) is 12.3 Å². The van der Waals surface area contributed by atoms with Gasteiger partial charge in [-0.15, -0.1) is 0 Å². The molecular weight excluding hydrogens is 597 g/mol. The summed E-state index contributed by atoms with van der Waals surface area (Å²) in [6.45, 7) is 1.44. The van der Waals surface area contributed by atoms with Gasteiger partial charge in [0.25, 0.3) is 5.91 Å². The van der Waals surface area contributed by atoms with Crippen LogP contribution in [0.3, 0.4) is 0 Å². The Hall–Kier alpha value is -2.68. The van der Waals surface area contributed by atoms with E-state index in [1.165, 1.54) is 24.8 Å². The van der Waals surface area contributed by atoms with Crippen molar-refractivity contribution in [2.45, 2.75) is 83.0 Å². The number of alkyl halides is 5. The number of carbonyl (C=O) groups excluding carboxylic acids is 1. The van der Waals surface area contributed by atoms with Crippen molar-refractivity contribution in [1.82, 2.24) is 20.1 Å². The number of nitrogens with one attached hydrogen (secondary N) is 2. The molecule has 0 bridgehead atoms. The summed E-state index contributed by atoms with van der Waals surface area (Å²) in [6, 6.07) is 1.04. The molecule has 2 aromatic heterocycles. The van der Waals surface area contributed by atoms with Gasteiger partial charge in [0.2, 0.25) is 0 Å². The second-order valence-corrected chi connectivity index (χ2v) is 13.5. The van der Waals surface area contributed by atoms with Crippen LogP contribution in [-0.4, -0.2) is 65.5 Å². The number of halogens is 6. The molecule has 0 aromatic carbocycles. The number of sulfone groups is 1. The van der Waals surface area contributed by atoms with Gasteiger partial charge in [-0.25, -0.2) is 13.4 Å². The molecule has 0 aliphatic heterocycles. The van der Waals surface area contributed by atoms with Gasteiger partial charge in [0.05, 0.1) is 28.0 Å². The number of carbonyl (C=O) groups is 1. The lowest BCUT2D eigenvalue weighted by Gasteiger charge is -2.28. The van der Waals surface area contributed by atoms with Gasteiger partial charge in [-0.2, -0.15) is 27.1 Å². The normalized spacial score (nSPS) is 18.4. The second-order valence-electron chi connectivity index (χ2n) is 10.8. The highest BCUT2D eigenvalue weighted by Crippen LogP contribution is 2.39. The predicted molar refractivity (Wildman–Crippen MR) is 144 cm³/mol. The Morgan fingerprint density at radius 2 is 1.85 bits per heavy atom. The Kier molecular flexibility index (Phi) is 10.1. The first-order valence-corrected chi connectivity index (χ1v) is 15.3. The van der Waals surface area contributed by atoms with Gasteiger partial charge < -0.3 is 15.4 Å². The molecule has 0 atom stereocenters. The van der Waals surface area contributed by atoms with Crippen molar-refractivity contribution in [1.29, 1.82) is 0 Å². The third-order valence-corrected chi connectivity index (χ3v) is 8.85. The van der Waals surface area contributed by atoms with Crippen LogP contribution in [0, 0.1) is 5.92 Å². The van der Waals surface area contributed by atoms with Gasteiger partial charge in [-0.1, -0.05) is 11.6 Å². The molecule has 1 amide bonds. The monoisotopic (exact) mass is 629 g/mol. The molecule has 1 aliphatic rings. The maximum Gasteiger partial charge on any atom is 0.391 e. The number of amides is 1. The molecule has 9 nitrogen and oxygen atoms in total. The quantitative estimate of drug-likeness (QED) is 0.307. The van der Waals surface area contributed by atoms with Gasteiger partial charge in [-0.3, -0.25) is 9.48 Å². The summed E-state index contributed by atoms with van der Waals surface area (Å²) >= 11 is 6.53. The van der Waals surface area contributed by atoms with Crippen molar-refractivity contribution in [2.75, 3.05) is 18.1 Å². The highest BCUT2D eigenvalue weighted by atomic mass is 35.5. The van der Waals surface area contributed by atoms with Crippen LogP contribution in [0.5, 0.6) is 5.75 Å². The highest BCUT2D eigenvalue weighted by molar-refractivity contribution is 7.91. The second kappa shape index (κ2) is 12.7. The Morgan fingerprint density at radius 1 is 1.22 bits per heavy atom. The number of ether oxygens (including phenoxy) is 1. The van der Waals surface area contributed by atoms with Gasteiger partial charge in [0, 0.05) is 37.1 Å². The molecule has 0 unspecified atom stereocenters. The number of pyridine rings is 1. The summed E-state index contributed by atoms with van der Waals surface area (Å²) in [5.74, 6) is -1.10. The van der Waals surface area contributed by atoms with Crippen molar-refractivity contribution >= 4 is 33.2 Å². The lowest BCUT2D eigenvalue weighted by Crippen LogP contribution is -2.36. The molecule has 0 radical (unpaired) electrons. The van der Waals surface area contributed by atoms with Crippen molar-refractivity contribution in [3.05, 3.63) is 23.0 Å². The van der Waals surface area contributed by atoms with Crippen molar-refractivity contribution in [2.24, 2.45) is 5.92 Å². The zero-order valence-electron chi connectivity index (χ0n) is 23.0. The third kappa shape index (κ3) is 8.90. The van der Waals surface area contributed by atoms with Crippen molar-refractivity contribution < 1.29 is 39.9 Å². The molecule has 41 heavy (non-hydrogen) atoms. The Bertz CT molecular complexity index is 1340. The summed E-state index contributed by atoms with van der Waals surface area (Å²) in [5, 5.41) is 9.05. The third-order valence-electron chi connectivity index (χ3n) is 6.81. The Morgan fingerprint density at radius 3 is 2.39 bits per heavy atom. The summed E-state index contributed by atoms with van der Waals surface area (Å²) in [6.07, 6.45) is -1.09. The Labute approximate surface area is 240 Å². The lowest BCUT2D eigenvalue weighted by molar-refractivity contribution is -0.142. The van der Waals surface area contributed by atoms with E-state index in [0.717, 1.165) is 12.3 Å². The van der Waals surface area contributed by atoms with Crippen molar-refractivity contribution in [3.8, 4) is 17.0 Å². The van der Waals surface area contributed by atoms with Crippen LogP contribution in [-0.2, 0) is 16.4 Å². The first kappa shape index (κ1) is 32.8. The summed E-state index contributed by atoms with van der Waals surface area (Å²) in [7, 11) is -3.12. The number of nitrogens with zero attached hydrogens (tertiary/aromatic N) is 3. The van der Waals surface area contributed by atoms with E-state index >= 15 is 0 Å². The molecule has 2 N–H and O–H groups in total. The van der Waals surface area contributed by atoms with E-state index in [9.17, 15) is 35.2 Å². The van der Waals surface area contributed by atoms with E-state index in [1.807, 2.05) is 0 Å². The SMILES string of the molecule is CCn1nc(C(=O)NC[C@H]2CC[C@@H](S(C)(=O)=O)CC2)c(Cl)c1-c1cnc(NC(C)(C)CC(F)(F)F)cc1OC(F)F. The summed E-state index contributed by atoms with van der Waals surface area (Å²) < 4.78 is 95.0. The van der Waals surface area contributed by atoms with Gasteiger partial charge in [0.1, 0.15) is 21.4 Å². The van der Waals surface area contributed by atoms with Crippen LogP contribution >= 0.6 is 11.6 Å². The average molecular weight is 630 g/mol. The molecule has 230 valence electrons. The maximum atomic E-state index is 13.3. The average Bonchev–Trinajstić information content (AvgIpc) is 3.16. The molecule has 1 saturated carbocycles. The summed E-state index contributed by atoms with van der Waals surface area (Å²) in [4.78, 5) is 17.1. The van der Waals surface area contributed by atoms with E-state index in [1.54, 1.807) is 6.92 Å². The minimum absolute atomic E-state index is 0.0398. The first-order chi connectivity index (χ1) is 18.9. The largest absolute Gasteiger partial charge is 0.434 e. The van der Waals surface area contributed by atoms with Crippen LogP contribution in [0.4, 0.5) is 27.8 Å². The van der Waals surface area contributed by atoms with Crippen LogP contribution in [0.25, 0.3) is 11.3 Å². The number of aromatic nitrogens is 3. The minimum Gasteiger partial charge on any atom is -0.434 e. The number of aryl methyl sites for hydroxylation is 1. The molecule has 0 saturated heterocycles. The van der Waals surface area contributed by atoms with E-state index in [-0.39, 0.29) is 52.0 Å². The number of anilines is 1. The van der Waals surface area contributed by atoms with E-state index < -0.39 is 46.2 Å². The minimum atomic E-state index is -4.48. The zero-order chi connectivity index (χ0) is 30.8. The molecule has 1 fully saturated rings. The number of rotatable bonds is 11. The molecule has 2 heterocycles. The fourth-order valence-corrected chi connectivity index (χ4v) is 6.38. The fraction of sp³-hybridized carbons (Fsp3) is 0.640. The van der Waals surface area contributed by atoms with E-state index in [4.69, 9.17) is 11.6 Å². The lowest BCUT2D eigenvalue weighted by atomic mass is 9.89. The van der Waals surface area contributed by atoms with Gasteiger partial charge in [0.15, 0.2) is 5.69 Å². The highest BCUT2D eigenvalue weighted by Gasteiger charge is 2.37. The van der Waals surface area contributed by atoms with Gasteiger partial charge in [-0.05, 0) is 52.4 Å². The maximum absolute atomic E-state index is 13.3. The molecule has 1 aliphatic carbocycles. The molecular formula is C25H33ClF5N5O4S. The standard InChI is InChI=1S/C25H33ClF5N5O4S/c1-5-36-21(16-12-32-18(10-17(16)40-23(27)28)34-24(2,3)13-25(29,30)31)19(26)20(35-36)22(37)33-11-14-6-8-15(9-7-14)41(4,38)39/h10,12,14-15,23H,5-9,11,13H2,1-4H3,(H,32,34)(H,33,37)/t14-,15+. The van der Waals surface area contributed by atoms with Crippen LogP contribution < -0.4 is 15.4 Å². The number of hydrogen-bond donors (Lipinski definition) is 2. The smallest absolute Gasteiger partial charge is 0.391 e. The summed E-state index contributed by atoms with van der Waals surface area (Å²) in [5.41, 5.74) is -1.64. The van der Waals surface area contributed by atoms with E-state index in [0.29, 0.717) is 25.7 Å². The first-order valence-electron chi connectivity index (χ1n) is 12.9. The predicted octanol–water partition coefficient (Wildman–Crippen LogP) is 5.70. The van der Waals surface area contributed by atoms with Gasteiger partial charge >= 0.3 is 12.8 Å². The molecule has 0 spiro atoms. The number of hydrogen-bond acceptors (Lipinski definition) is 7. The Balaban J connectivity index is 1.84. The van der Waals surface area contributed by atoms with E-state index in [2.05, 4.69) is 25.5 Å². The molecule has 3 rings (SSSR count). The van der Waals surface area contributed by atoms with Crippen LogP contribution in [0.2, 0.25) is 5.02 Å². The topological polar surface area (TPSA) is 115 Å². The fourth-order valence-electron chi connectivity index (χ4n) is 4.92. The van der Waals surface area contributed by atoms with Crippen LogP contribution in [0.1, 0.15) is 63.4 Å². The zero-order valence-corrected chi connectivity index (χ0v) is 24.6. The molecule has 2 aromatic rings.